The van der Waals surface area contributed by atoms with Gasteiger partial charge in [0, 0.05) is 6.07 Å². The lowest BCUT2D eigenvalue weighted by atomic mass is 10.0. The van der Waals surface area contributed by atoms with Crippen LogP contribution in [0.2, 0.25) is 0 Å². The number of nitrogens with zero attached hydrogens (tertiary/aromatic N) is 3. The number of alkyl halides is 3. The number of aromatic nitrogens is 2. The van der Waals surface area contributed by atoms with Crippen molar-refractivity contribution in [1.29, 1.82) is 0 Å². The SMILES string of the molecule is O=C1COC[C@@H](c2ccccc2)N1c1cc(F)c(-c2noc(C(F)(F)F)n2)cc1F. The minimum atomic E-state index is -4.93. The molecule has 1 saturated heterocycles. The van der Waals surface area contributed by atoms with Crippen LogP contribution >= 0.6 is 0 Å². The number of hydrogen-bond acceptors (Lipinski definition) is 5. The van der Waals surface area contributed by atoms with Gasteiger partial charge in [-0.3, -0.25) is 9.69 Å². The average molecular weight is 425 g/mol. The maximum Gasteiger partial charge on any atom is 0.471 e. The molecule has 1 aliphatic heterocycles. The number of carbonyl (C=O) groups excluding carboxylic acids is 1. The molecule has 156 valence electrons. The summed E-state index contributed by atoms with van der Waals surface area (Å²) in [4.78, 5) is 16.6. The number of ether oxygens (including phenoxy) is 1. The number of hydrogen-bond donors (Lipinski definition) is 0. The van der Waals surface area contributed by atoms with Crippen molar-refractivity contribution in [2.24, 2.45) is 0 Å². The molecule has 2 aromatic carbocycles. The number of carbonyl (C=O) groups is 1. The number of anilines is 1. The highest BCUT2D eigenvalue weighted by Gasteiger charge is 2.39. The van der Waals surface area contributed by atoms with E-state index in [0.717, 1.165) is 4.90 Å². The summed E-state index contributed by atoms with van der Waals surface area (Å²) in [7, 11) is 0. The fourth-order valence-electron chi connectivity index (χ4n) is 3.14. The van der Waals surface area contributed by atoms with E-state index in [1.54, 1.807) is 30.3 Å². The monoisotopic (exact) mass is 425 g/mol. The summed E-state index contributed by atoms with van der Waals surface area (Å²) in [5.74, 6) is -5.21. The van der Waals surface area contributed by atoms with Crippen molar-refractivity contribution in [3.8, 4) is 11.4 Å². The Bertz CT molecular complexity index is 1080. The molecule has 1 aromatic heterocycles. The molecule has 0 saturated carbocycles. The summed E-state index contributed by atoms with van der Waals surface area (Å²) in [6.45, 7) is -0.274. The summed E-state index contributed by atoms with van der Waals surface area (Å²) >= 11 is 0. The highest BCUT2D eigenvalue weighted by molar-refractivity contribution is 5.96. The average Bonchev–Trinajstić information content (AvgIpc) is 3.21. The lowest BCUT2D eigenvalue weighted by Gasteiger charge is -2.36. The first-order chi connectivity index (χ1) is 14.3. The van der Waals surface area contributed by atoms with Crippen LogP contribution in [0.5, 0.6) is 0 Å². The third-order valence-electron chi connectivity index (χ3n) is 4.47. The Balaban J connectivity index is 1.75. The molecule has 4 rings (SSSR count). The molecule has 1 amide bonds. The molecule has 0 N–H and O–H groups in total. The molecule has 30 heavy (non-hydrogen) atoms. The molecular formula is C19H12F5N3O3. The molecular weight excluding hydrogens is 413 g/mol. The van der Waals surface area contributed by atoms with E-state index in [0.29, 0.717) is 17.7 Å². The Morgan fingerprint density at radius 3 is 2.47 bits per heavy atom. The Labute approximate surface area is 165 Å². The first kappa shape index (κ1) is 20.0. The van der Waals surface area contributed by atoms with Gasteiger partial charge in [0.05, 0.1) is 23.9 Å². The second kappa shape index (κ2) is 7.48. The second-order valence-corrected chi connectivity index (χ2v) is 6.41. The van der Waals surface area contributed by atoms with Crippen LogP contribution in [0.15, 0.2) is 47.0 Å². The van der Waals surface area contributed by atoms with Gasteiger partial charge in [-0.1, -0.05) is 35.5 Å². The lowest BCUT2D eigenvalue weighted by Crippen LogP contribution is -2.44. The Kier molecular flexibility index (Phi) is 4.98. The zero-order valence-corrected chi connectivity index (χ0v) is 15.0. The highest BCUT2D eigenvalue weighted by Crippen LogP contribution is 2.36. The van der Waals surface area contributed by atoms with Crippen LogP contribution in [-0.2, 0) is 15.7 Å². The van der Waals surface area contributed by atoms with Gasteiger partial charge in [-0.25, -0.2) is 8.78 Å². The first-order valence-electron chi connectivity index (χ1n) is 8.61. The Morgan fingerprint density at radius 1 is 1.07 bits per heavy atom. The zero-order chi connectivity index (χ0) is 21.5. The van der Waals surface area contributed by atoms with Gasteiger partial charge in [0.2, 0.25) is 5.82 Å². The van der Waals surface area contributed by atoms with E-state index >= 15 is 0 Å². The maximum atomic E-state index is 14.9. The van der Waals surface area contributed by atoms with Crippen molar-refractivity contribution in [1.82, 2.24) is 10.1 Å². The van der Waals surface area contributed by atoms with E-state index in [-0.39, 0.29) is 18.9 Å². The number of halogens is 5. The van der Waals surface area contributed by atoms with E-state index in [9.17, 15) is 26.7 Å². The molecule has 0 unspecified atom stereocenters. The topological polar surface area (TPSA) is 68.5 Å². The second-order valence-electron chi connectivity index (χ2n) is 6.41. The van der Waals surface area contributed by atoms with Gasteiger partial charge >= 0.3 is 12.1 Å². The predicted octanol–water partition coefficient (Wildman–Crippen LogP) is 4.14. The smallest absolute Gasteiger partial charge is 0.369 e. The molecule has 3 aromatic rings. The predicted molar refractivity (Wildman–Crippen MR) is 92.1 cm³/mol. The molecule has 2 heterocycles. The molecule has 0 aliphatic carbocycles. The number of benzene rings is 2. The minimum Gasteiger partial charge on any atom is -0.369 e. The van der Waals surface area contributed by atoms with Gasteiger partial charge in [0.1, 0.15) is 18.2 Å². The van der Waals surface area contributed by atoms with E-state index < -0.39 is 47.0 Å². The van der Waals surface area contributed by atoms with Crippen LogP contribution in [0.3, 0.4) is 0 Å². The van der Waals surface area contributed by atoms with Crippen LogP contribution in [0.25, 0.3) is 11.4 Å². The van der Waals surface area contributed by atoms with Gasteiger partial charge in [-0.2, -0.15) is 18.2 Å². The fourth-order valence-corrected chi connectivity index (χ4v) is 3.14. The summed E-state index contributed by atoms with van der Waals surface area (Å²) < 4.78 is 76.8. The van der Waals surface area contributed by atoms with Crippen LogP contribution in [-0.4, -0.2) is 29.3 Å². The summed E-state index contributed by atoms with van der Waals surface area (Å²) in [5.41, 5.74) is -0.368. The standard InChI is InChI=1S/C19H12F5N3O3/c20-12-7-14(13(21)6-11(12)17-25-18(30-26-17)19(22,23)24)27-15(8-29-9-16(27)28)10-4-2-1-3-5-10/h1-7,15H,8-9H2/t15-/m0/s1. The third-order valence-corrected chi connectivity index (χ3v) is 4.47. The van der Waals surface area contributed by atoms with Gasteiger partial charge in [-0.05, 0) is 11.6 Å². The van der Waals surface area contributed by atoms with Crippen molar-refractivity contribution in [2.75, 3.05) is 18.1 Å². The Morgan fingerprint density at radius 2 is 1.80 bits per heavy atom. The molecule has 1 fully saturated rings. The van der Waals surface area contributed by atoms with E-state index in [1.807, 2.05) is 0 Å². The van der Waals surface area contributed by atoms with Crippen LogP contribution in [0.4, 0.5) is 27.6 Å². The molecule has 6 nitrogen and oxygen atoms in total. The normalized spacial score (nSPS) is 17.4. The Hall–Kier alpha value is -3.34. The maximum absolute atomic E-state index is 14.9. The van der Waals surface area contributed by atoms with Crippen molar-refractivity contribution < 1.29 is 36.0 Å². The fraction of sp³-hybridized carbons (Fsp3) is 0.211. The number of morpholine rings is 1. The van der Waals surface area contributed by atoms with E-state index in [1.165, 1.54) is 0 Å². The van der Waals surface area contributed by atoms with Crippen molar-refractivity contribution >= 4 is 11.6 Å². The van der Waals surface area contributed by atoms with E-state index in [2.05, 4.69) is 14.7 Å². The summed E-state index contributed by atoms with van der Waals surface area (Å²) in [6, 6.07) is 9.25. The third kappa shape index (κ3) is 3.63. The largest absolute Gasteiger partial charge is 0.471 e. The van der Waals surface area contributed by atoms with Crippen molar-refractivity contribution in [2.45, 2.75) is 12.2 Å². The lowest BCUT2D eigenvalue weighted by molar-refractivity contribution is -0.159. The van der Waals surface area contributed by atoms with Crippen LogP contribution in [0.1, 0.15) is 17.5 Å². The van der Waals surface area contributed by atoms with Gasteiger partial charge < -0.3 is 9.26 Å². The van der Waals surface area contributed by atoms with E-state index in [4.69, 9.17) is 4.74 Å². The number of amides is 1. The minimum absolute atomic E-state index is 0.0539. The van der Waals surface area contributed by atoms with Crippen LogP contribution < -0.4 is 4.90 Å². The van der Waals surface area contributed by atoms with Crippen LogP contribution in [0, 0.1) is 11.6 Å². The first-order valence-corrected chi connectivity index (χ1v) is 8.61. The molecule has 11 heteroatoms. The molecule has 0 spiro atoms. The summed E-state index contributed by atoms with van der Waals surface area (Å²) in [5, 5.41) is 3.06. The quantitative estimate of drug-likeness (QED) is 0.590. The molecule has 0 radical (unpaired) electrons. The van der Waals surface area contributed by atoms with Gasteiger partial charge in [0.25, 0.3) is 5.91 Å². The van der Waals surface area contributed by atoms with Gasteiger partial charge in [-0.15, -0.1) is 0 Å². The molecule has 1 aliphatic rings. The highest BCUT2D eigenvalue weighted by atomic mass is 19.4. The summed E-state index contributed by atoms with van der Waals surface area (Å²) in [6.07, 6.45) is -4.93. The number of rotatable bonds is 3. The molecule has 1 atom stereocenters. The van der Waals surface area contributed by atoms with Crippen molar-refractivity contribution in [3.05, 3.63) is 65.6 Å². The zero-order valence-electron chi connectivity index (χ0n) is 15.0. The van der Waals surface area contributed by atoms with Gasteiger partial charge in [0.15, 0.2) is 0 Å². The molecule has 0 bridgehead atoms. The van der Waals surface area contributed by atoms with Crippen molar-refractivity contribution in [3.63, 3.8) is 0 Å².